The Morgan fingerprint density at radius 1 is 1.32 bits per heavy atom. The molecule has 0 aliphatic carbocycles. The molecule has 0 radical (unpaired) electrons. The number of hydrogen-bond donors (Lipinski definition) is 1. The molecule has 6 nitrogen and oxygen atoms in total. The van der Waals surface area contributed by atoms with Crippen molar-refractivity contribution in [1.29, 1.82) is 0 Å². The van der Waals surface area contributed by atoms with Crippen LogP contribution < -0.4 is 10.1 Å². The summed E-state index contributed by atoms with van der Waals surface area (Å²) in [6.45, 7) is 4.26. The maximum atomic E-state index is 12.2. The molecular weight excluding hydrogens is 316 g/mol. The Bertz CT molecular complexity index is 724. The molecule has 2 heterocycles. The molecule has 1 aliphatic heterocycles. The van der Waals surface area contributed by atoms with Gasteiger partial charge < -0.3 is 19.5 Å². The van der Waals surface area contributed by atoms with Crippen LogP contribution in [-0.4, -0.2) is 46.6 Å². The smallest absolute Gasteiger partial charge is 0.224 e. The van der Waals surface area contributed by atoms with Gasteiger partial charge in [-0.3, -0.25) is 4.79 Å². The minimum Gasteiger partial charge on any atom is -0.497 e. The number of methoxy groups -OCH3 is 1. The summed E-state index contributed by atoms with van der Waals surface area (Å²) < 4.78 is 7.25. The zero-order chi connectivity index (χ0) is 17.8. The van der Waals surface area contributed by atoms with Gasteiger partial charge in [0.2, 0.25) is 5.91 Å². The highest BCUT2D eigenvalue weighted by Crippen LogP contribution is 2.15. The molecule has 1 amide bonds. The second-order valence-corrected chi connectivity index (χ2v) is 6.58. The summed E-state index contributed by atoms with van der Waals surface area (Å²) in [4.78, 5) is 18.5. The van der Waals surface area contributed by atoms with Gasteiger partial charge in [0.1, 0.15) is 11.6 Å². The molecule has 134 valence electrons. The number of likely N-dealkylation sites (tertiary alicyclic amines) is 1. The van der Waals surface area contributed by atoms with Gasteiger partial charge in [-0.25, -0.2) is 4.98 Å². The molecule has 1 N–H and O–H groups in total. The van der Waals surface area contributed by atoms with E-state index in [2.05, 4.69) is 27.0 Å². The average molecular weight is 342 g/mol. The van der Waals surface area contributed by atoms with Crippen LogP contribution in [0.2, 0.25) is 0 Å². The zero-order valence-corrected chi connectivity index (χ0v) is 15.2. The molecule has 0 saturated carbocycles. The molecule has 6 heteroatoms. The molecule has 1 fully saturated rings. The molecule has 1 aromatic heterocycles. The van der Waals surface area contributed by atoms with Crippen LogP contribution in [0.1, 0.15) is 23.5 Å². The quantitative estimate of drug-likeness (QED) is 0.832. The number of carbonyl (C=O) groups is 1. The number of nitrogens with one attached hydrogen (secondary N) is 1. The van der Waals surface area contributed by atoms with E-state index in [0.717, 1.165) is 43.3 Å². The molecule has 2 aromatic rings. The van der Waals surface area contributed by atoms with Crippen molar-refractivity contribution in [1.82, 2.24) is 19.8 Å². The van der Waals surface area contributed by atoms with Crippen LogP contribution in [0.5, 0.6) is 5.75 Å². The number of imidazole rings is 1. The van der Waals surface area contributed by atoms with Crippen molar-refractivity contribution >= 4 is 5.91 Å². The zero-order valence-electron chi connectivity index (χ0n) is 15.2. The topological polar surface area (TPSA) is 59.4 Å². The van der Waals surface area contributed by atoms with Gasteiger partial charge in [0, 0.05) is 45.3 Å². The SMILES string of the molecule is COc1ccc(CCN2C[C@@H](NCc3cnc(C)n3C)CC2=O)cc1. The number of hydrogen-bond acceptors (Lipinski definition) is 4. The number of benzene rings is 1. The number of carbonyl (C=O) groups excluding carboxylic acids is 1. The summed E-state index contributed by atoms with van der Waals surface area (Å²) in [5.74, 6) is 2.09. The number of amides is 1. The molecule has 1 atom stereocenters. The third-order valence-corrected chi connectivity index (χ3v) is 4.93. The number of aryl methyl sites for hydroxylation is 1. The van der Waals surface area contributed by atoms with Gasteiger partial charge in [0.25, 0.3) is 0 Å². The third kappa shape index (κ3) is 4.20. The van der Waals surface area contributed by atoms with Crippen molar-refractivity contribution in [3.63, 3.8) is 0 Å². The first-order valence-corrected chi connectivity index (χ1v) is 8.68. The maximum Gasteiger partial charge on any atom is 0.224 e. The van der Waals surface area contributed by atoms with Crippen molar-refractivity contribution < 1.29 is 9.53 Å². The van der Waals surface area contributed by atoms with Gasteiger partial charge in [-0.15, -0.1) is 0 Å². The Morgan fingerprint density at radius 2 is 2.08 bits per heavy atom. The Balaban J connectivity index is 1.47. The monoisotopic (exact) mass is 342 g/mol. The molecule has 1 aromatic carbocycles. The Labute approximate surface area is 148 Å². The van der Waals surface area contributed by atoms with E-state index in [4.69, 9.17) is 4.74 Å². The van der Waals surface area contributed by atoms with Crippen LogP contribution in [0.25, 0.3) is 0 Å². The van der Waals surface area contributed by atoms with Gasteiger partial charge in [-0.1, -0.05) is 12.1 Å². The molecule has 0 spiro atoms. The predicted molar refractivity (Wildman–Crippen MR) is 96.5 cm³/mol. The van der Waals surface area contributed by atoms with Crippen LogP contribution in [-0.2, 0) is 24.8 Å². The minimum absolute atomic E-state index is 0.207. The van der Waals surface area contributed by atoms with Crippen molar-refractivity contribution in [2.24, 2.45) is 7.05 Å². The molecule has 25 heavy (non-hydrogen) atoms. The Hall–Kier alpha value is -2.34. The highest BCUT2D eigenvalue weighted by Gasteiger charge is 2.28. The van der Waals surface area contributed by atoms with E-state index in [1.54, 1.807) is 7.11 Å². The summed E-state index contributed by atoms with van der Waals surface area (Å²) in [6, 6.07) is 8.24. The van der Waals surface area contributed by atoms with Gasteiger partial charge in [-0.2, -0.15) is 0 Å². The van der Waals surface area contributed by atoms with Crippen molar-refractivity contribution in [2.45, 2.75) is 32.4 Å². The van der Waals surface area contributed by atoms with E-state index in [-0.39, 0.29) is 11.9 Å². The lowest BCUT2D eigenvalue weighted by Crippen LogP contribution is -2.33. The summed E-state index contributed by atoms with van der Waals surface area (Å²) in [7, 11) is 3.68. The van der Waals surface area contributed by atoms with Crippen molar-refractivity contribution in [3.8, 4) is 5.75 Å². The Morgan fingerprint density at radius 3 is 2.72 bits per heavy atom. The summed E-state index contributed by atoms with van der Waals surface area (Å²) in [5, 5.41) is 3.49. The van der Waals surface area contributed by atoms with Gasteiger partial charge in [0.05, 0.1) is 12.8 Å². The van der Waals surface area contributed by atoms with Crippen molar-refractivity contribution in [3.05, 3.63) is 47.5 Å². The number of ether oxygens (including phenoxy) is 1. The standard InChI is InChI=1S/C19H26N4O2/c1-14-20-11-17(22(14)2)12-21-16-10-19(24)23(13-16)9-8-15-4-6-18(25-3)7-5-15/h4-7,11,16,21H,8-10,12-13H2,1-3H3/t16-/m0/s1. The van der Waals surface area contributed by atoms with E-state index in [0.29, 0.717) is 6.42 Å². The highest BCUT2D eigenvalue weighted by molar-refractivity contribution is 5.79. The fourth-order valence-corrected chi connectivity index (χ4v) is 3.14. The van der Waals surface area contributed by atoms with Gasteiger partial charge in [-0.05, 0) is 31.0 Å². The lowest BCUT2D eigenvalue weighted by molar-refractivity contribution is -0.127. The summed E-state index contributed by atoms with van der Waals surface area (Å²) in [6.07, 6.45) is 3.32. The van der Waals surface area contributed by atoms with E-state index in [1.807, 2.05) is 37.2 Å². The third-order valence-electron chi connectivity index (χ3n) is 4.93. The van der Waals surface area contributed by atoms with E-state index < -0.39 is 0 Å². The minimum atomic E-state index is 0.207. The Kier molecular flexibility index (Phi) is 5.38. The second-order valence-electron chi connectivity index (χ2n) is 6.58. The lowest BCUT2D eigenvalue weighted by atomic mass is 10.1. The van der Waals surface area contributed by atoms with Crippen LogP contribution in [0, 0.1) is 6.92 Å². The molecule has 3 rings (SSSR count). The number of aromatic nitrogens is 2. The summed E-state index contributed by atoms with van der Waals surface area (Å²) >= 11 is 0. The predicted octanol–water partition coefficient (Wildman–Crippen LogP) is 1.67. The second kappa shape index (κ2) is 7.70. The van der Waals surface area contributed by atoms with Gasteiger partial charge in [0.15, 0.2) is 0 Å². The molecule has 0 bridgehead atoms. The van der Waals surface area contributed by atoms with Crippen LogP contribution >= 0.6 is 0 Å². The van der Waals surface area contributed by atoms with E-state index in [1.165, 1.54) is 5.56 Å². The molecule has 1 aliphatic rings. The first-order valence-electron chi connectivity index (χ1n) is 8.68. The molecular formula is C19H26N4O2. The first kappa shape index (κ1) is 17.5. The fourth-order valence-electron chi connectivity index (χ4n) is 3.14. The number of nitrogens with zero attached hydrogens (tertiary/aromatic N) is 3. The maximum absolute atomic E-state index is 12.2. The first-order chi connectivity index (χ1) is 12.1. The van der Waals surface area contributed by atoms with Crippen molar-refractivity contribution in [2.75, 3.05) is 20.2 Å². The van der Waals surface area contributed by atoms with E-state index in [9.17, 15) is 4.79 Å². The highest BCUT2D eigenvalue weighted by atomic mass is 16.5. The van der Waals surface area contributed by atoms with Crippen LogP contribution in [0.3, 0.4) is 0 Å². The number of rotatable bonds is 7. The van der Waals surface area contributed by atoms with E-state index >= 15 is 0 Å². The average Bonchev–Trinajstić information content (AvgIpc) is 3.14. The largest absolute Gasteiger partial charge is 0.497 e. The summed E-state index contributed by atoms with van der Waals surface area (Å²) in [5.41, 5.74) is 2.36. The molecule has 1 saturated heterocycles. The van der Waals surface area contributed by atoms with Crippen LogP contribution in [0.15, 0.2) is 30.5 Å². The lowest BCUT2D eigenvalue weighted by Gasteiger charge is -2.17. The molecule has 0 unspecified atom stereocenters. The fraction of sp³-hybridized carbons (Fsp3) is 0.474. The normalized spacial score (nSPS) is 17.3. The van der Waals surface area contributed by atoms with Gasteiger partial charge >= 0.3 is 0 Å². The van der Waals surface area contributed by atoms with Crippen LogP contribution in [0.4, 0.5) is 0 Å².